The molecule has 5 nitrogen and oxygen atoms in total. The molecule has 0 aliphatic carbocycles. The predicted molar refractivity (Wildman–Crippen MR) is 95.8 cm³/mol. The van der Waals surface area contributed by atoms with Crippen molar-refractivity contribution in [2.45, 2.75) is 20.0 Å². The number of ether oxygens (including phenoxy) is 2. The molecule has 0 atom stereocenters. The number of methoxy groups -OCH3 is 1. The molecule has 0 saturated heterocycles. The SMILES string of the molecule is CCOc1c(OC)ccc(Br)c1CNCc1ccc(C(=O)O)cc1. The van der Waals surface area contributed by atoms with E-state index in [0.29, 0.717) is 25.4 Å². The fourth-order valence-corrected chi connectivity index (χ4v) is 2.76. The number of halogens is 1. The van der Waals surface area contributed by atoms with Crippen LogP contribution in [0.3, 0.4) is 0 Å². The van der Waals surface area contributed by atoms with E-state index in [4.69, 9.17) is 14.6 Å². The molecule has 0 bridgehead atoms. The number of carboxylic acids is 1. The third-order valence-electron chi connectivity index (χ3n) is 3.51. The first-order chi connectivity index (χ1) is 11.6. The lowest BCUT2D eigenvalue weighted by atomic mass is 10.1. The van der Waals surface area contributed by atoms with E-state index in [2.05, 4.69) is 21.2 Å². The van der Waals surface area contributed by atoms with Crippen molar-refractivity contribution in [3.8, 4) is 11.5 Å². The molecule has 0 spiro atoms. The average molecular weight is 394 g/mol. The van der Waals surface area contributed by atoms with Crippen molar-refractivity contribution >= 4 is 21.9 Å². The summed E-state index contributed by atoms with van der Waals surface area (Å²) in [6.45, 7) is 3.70. The van der Waals surface area contributed by atoms with Gasteiger partial charge in [0.1, 0.15) is 0 Å². The number of carboxylic acid groups (broad SMARTS) is 1. The standard InChI is InChI=1S/C18H20BrNO4/c1-3-24-17-14(15(19)8-9-16(17)23-2)11-20-10-12-4-6-13(7-5-12)18(21)22/h4-9,20H,3,10-11H2,1-2H3,(H,21,22). The van der Waals surface area contributed by atoms with Crippen molar-refractivity contribution in [3.05, 3.63) is 57.6 Å². The normalized spacial score (nSPS) is 10.5. The van der Waals surface area contributed by atoms with Gasteiger partial charge in [0.25, 0.3) is 0 Å². The summed E-state index contributed by atoms with van der Waals surface area (Å²) in [5, 5.41) is 12.3. The maximum absolute atomic E-state index is 10.9. The fourth-order valence-electron chi connectivity index (χ4n) is 2.31. The molecule has 0 aliphatic heterocycles. The third-order valence-corrected chi connectivity index (χ3v) is 4.25. The van der Waals surface area contributed by atoms with Gasteiger partial charge in [0.15, 0.2) is 11.5 Å². The molecule has 6 heteroatoms. The lowest BCUT2D eigenvalue weighted by Gasteiger charge is -2.16. The molecule has 2 N–H and O–H groups in total. The second kappa shape index (κ2) is 8.70. The second-order valence-electron chi connectivity index (χ2n) is 5.10. The van der Waals surface area contributed by atoms with Gasteiger partial charge >= 0.3 is 5.97 Å². The Labute approximate surface area is 149 Å². The molecular weight excluding hydrogens is 374 g/mol. The summed E-state index contributed by atoms with van der Waals surface area (Å²) in [5.41, 5.74) is 2.28. The van der Waals surface area contributed by atoms with Gasteiger partial charge in [-0.15, -0.1) is 0 Å². The number of nitrogens with one attached hydrogen (secondary N) is 1. The second-order valence-corrected chi connectivity index (χ2v) is 5.95. The molecule has 0 aromatic heterocycles. The zero-order valence-corrected chi connectivity index (χ0v) is 15.2. The van der Waals surface area contributed by atoms with E-state index in [9.17, 15) is 4.79 Å². The van der Waals surface area contributed by atoms with Crippen LogP contribution in [-0.2, 0) is 13.1 Å². The van der Waals surface area contributed by atoms with E-state index in [1.165, 1.54) is 0 Å². The van der Waals surface area contributed by atoms with Gasteiger partial charge in [-0.3, -0.25) is 0 Å². The topological polar surface area (TPSA) is 67.8 Å². The van der Waals surface area contributed by atoms with E-state index in [1.54, 1.807) is 31.4 Å². The van der Waals surface area contributed by atoms with Crippen molar-refractivity contribution in [1.82, 2.24) is 5.32 Å². The van der Waals surface area contributed by atoms with E-state index >= 15 is 0 Å². The first-order valence-electron chi connectivity index (χ1n) is 7.58. The summed E-state index contributed by atoms with van der Waals surface area (Å²) in [7, 11) is 1.62. The summed E-state index contributed by atoms with van der Waals surface area (Å²) >= 11 is 3.55. The molecule has 24 heavy (non-hydrogen) atoms. The molecule has 0 fully saturated rings. The van der Waals surface area contributed by atoms with Crippen LogP contribution in [0.15, 0.2) is 40.9 Å². The van der Waals surface area contributed by atoms with Gasteiger partial charge in [-0.05, 0) is 36.8 Å². The van der Waals surface area contributed by atoms with Crippen molar-refractivity contribution in [2.75, 3.05) is 13.7 Å². The van der Waals surface area contributed by atoms with Crippen LogP contribution in [0.2, 0.25) is 0 Å². The van der Waals surface area contributed by atoms with E-state index < -0.39 is 5.97 Å². The molecule has 2 aromatic carbocycles. The minimum absolute atomic E-state index is 0.285. The Kier molecular flexibility index (Phi) is 6.63. The van der Waals surface area contributed by atoms with Crippen LogP contribution in [0.25, 0.3) is 0 Å². The van der Waals surface area contributed by atoms with Gasteiger partial charge in [0.05, 0.1) is 19.3 Å². The Hall–Kier alpha value is -2.05. The number of aromatic carboxylic acids is 1. The van der Waals surface area contributed by atoms with E-state index in [1.807, 2.05) is 19.1 Å². The van der Waals surface area contributed by atoms with Crippen LogP contribution < -0.4 is 14.8 Å². The first kappa shape index (κ1) is 18.3. The van der Waals surface area contributed by atoms with Crippen molar-refractivity contribution < 1.29 is 19.4 Å². The highest BCUT2D eigenvalue weighted by Gasteiger charge is 2.14. The zero-order valence-electron chi connectivity index (χ0n) is 13.6. The fraction of sp³-hybridized carbons (Fsp3) is 0.278. The highest BCUT2D eigenvalue weighted by atomic mass is 79.9. The molecule has 2 aromatic rings. The van der Waals surface area contributed by atoms with Gasteiger partial charge in [-0.2, -0.15) is 0 Å². The van der Waals surface area contributed by atoms with E-state index in [-0.39, 0.29) is 5.56 Å². The molecule has 128 valence electrons. The number of carbonyl (C=O) groups is 1. The van der Waals surface area contributed by atoms with Gasteiger partial charge < -0.3 is 19.9 Å². The first-order valence-corrected chi connectivity index (χ1v) is 8.37. The zero-order chi connectivity index (χ0) is 17.5. The van der Waals surface area contributed by atoms with Crippen LogP contribution in [0.1, 0.15) is 28.4 Å². The maximum Gasteiger partial charge on any atom is 0.335 e. The minimum atomic E-state index is -0.920. The van der Waals surface area contributed by atoms with Gasteiger partial charge in [0.2, 0.25) is 0 Å². The van der Waals surface area contributed by atoms with Crippen molar-refractivity contribution in [3.63, 3.8) is 0 Å². The number of hydrogen-bond acceptors (Lipinski definition) is 4. The minimum Gasteiger partial charge on any atom is -0.493 e. The van der Waals surface area contributed by atoms with E-state index in [0.717, 1.165) is 21.3 Å². The Balaban J connectivity index is 2.07. The summed E-state index contributed by atoms with van der Waals surface area (Å²) in [5.74, 6) is 0.502. The van der Waals surface area contributed by atoms with Crippen LogP contribution in [-0.4, -0.2) is 24.8 Å². The molecule has 0 heterocycles. The van der Waals surface area contributed by atoms with Crippen molar-refractivity contribution in [1.29, 1.82) is 0 Å². The molecule has 0 aliphatic rings. The van der Waals surface area contributed by atoms with Crippen LogP contribution >= 0.6 is 15.9 Å². The summed E-state index contributed by atoms with van der Waals surface area (Å²) < 4.78 is 12.0. The van der Waals surface area contributed by atoms with Crippen LogP contribution in [0.4, 0.5) is 0 Å². The van der Waals surface area contributed by atoms with Crippen LogP contribution in [0.5, 0.6) is 11.5 Å². The maximum atomic E-state index is 10.9. The molecule has 0 saturated carbocycles. The number of hydrogen-bond donors (Lipinski definition) is 2. The quantitative estimate of drug-likeness (QED) is 0.712. The van der Waals surface area contributed by atoms with Gasteiger partial charge in [-0.1, -0.05) is 28.1 Å². The molecule has 0 radical (unpaired) electrons. The van der Waals surface area contributed by atoms with Crippen molar-refractivity contribution in [2.24, 2.45) is 0 Å². The predicted octanol–water partition coefficient (Wildman–Crippen LogP) is 3.84. The Morgan fingerprint density at radius 3 is 2.46 bits per heavy atom. The molecule has 0 unspecified atom stereocenters. The van der Waals surface area contributed by atoms with Crippen LogP contribution in [0, 0.1) is 0 Å². The number of benzene rings is 2. The molecule has 0 amide bonds. The lowest BCUT2D eigenvalue weighted by Crippen LogP contribution is -2.14. The average Bonchev–Trinajstić information content (AvgIpc) is 2.58. The smallest absolute Gasteiger partial charge is 0.335 e. The van der Waals surface area contributed by atoms with Gasteiger partial charge in [-0.25, -0.2) is 4.79 Å². The number of rotatable bonds is 8. The molecule has 2 rings (SSSR count). The summed E-state index contributed by atoms with van der Waals surface area (Å²) in [6, 6.07) is 10.6. The third kappa shape index (κ3) is 4.49. The largest absolute Gasteiger partial charge is 0.493 e. The molecular formula is C18H20BrNO4. The highest BCUT2D eigenvalue weighted by molar-refractivity contribution is 9.10. The Morgan fingerprint density at radius 1 is 1.17 bits per heavy atom. The Bertz CT molecular complexity index is 701. The van der Waals surface area contributed by atoms with Gasteiger partial charge in [0, 0.05) is 23.1 Å². The Morgan fingerprint density at radius 2 is 1.88 bits per heavy atom. The lowest BCUT2D eigenvalue weighted by molar-refractivity contribution is 0.0697. The summed E-state index contributed by atoms with van der Waals surface area (Å²) in [6.07, 6.45) is 0. The summed E-state index contributed by atoms with van der Waals surface area (Å²) in [4.78, 5) is 10.9. The monoisotopic (exact) mass is 393 g/mol. The highest BCUT2D eigenvalue weighted by Crippen LogP contribution is 2.36.